The highest BCUT2D eigenvalue weighted by Gasteiger charge is 2.48. The molecule has 0 aliphatic heterocycles. The van der Waals surface area contributed by atoms with E-state index in [9.17, 15) is 0 Å². The molecule has 164 valence electrons. The predicted molar refractivity (Wildman–Crippen MR) is 152 cm³/mol. The van der Waals surface area contributed by atoms with Gasteiger partial charge in [0.05, 0.1) is 16.1 Å². The summed E-state index contributed by atoms with van der Waals surface area (Å²) in [5, 5.41) is 1.61. The molecule has 32 heavy (non-hydrogen) atoms. The second-order valence-electron chi connectivity index (χ2n) is 11.1. The van der Waals surface area contributed by atoms with Gasteiger partial charge in [0, 0.05) is 20.0 Å². The normalized spacial score (nSPS) is 17.8. The molecule has 1 unspecified atom stereocenters. The fourth-order valence-electron chi connectivity index (χ4n) is 6.36. The van der Waals surface area contributed by atoms with E-state index in [0.717, 1.165) is 0 Å². The Hall–Kier alpha value is -1.21. The lowest BCUT2D eigenvalue weighted by molar-refractivity contribution is 0.986. The summed E-state index contributed by atoms with van der Waals surface area (Å²) in [4.78, 5) is 0. The van der Waals surface area contributed by atoms with Crippen LogP contribution in [0, 0.1) is 0 Å². The molecule has 0 fully saturated rings. The fourth-order valence-corrected chi connectivity index (χ4v) is 13.5. The van der Waals surface area contributed by atoms with Gasteiger partial charge in [-0.05, 0) is 64.6 Å². The Kier molecular flexibility index (Phi) is 5.40. The van der Waals surface area contributed by atoms with Gasteiger partial charge in [0.15, 0.2) is 0 Å². The molecule has 3 aromatic rings. The summed E-state index contributed by atoms with van der Waals surface area (Å²) >= 11 is 7.54. The van der Waals surface area contributed by atoms with Crippen LogP contribution in [-0.2, 0) is 0 Å². The number of benzene rings is 3. The van der Waals surface area contributed by atoms with Gasteiger partial charge in [0.1, 0.15) is 0 Å². The van der Waals surface area contributed by atoms with Gasteiger partial charge in [-0.25, -0.2) is 0 Å². The first kappa shape index (κ1) is 22.6. The Morgan fingerprint density at radius 3 is 1.78 bits per heavy atom. The Bertz CT molecular complexity index is 1230. The van der Waals surface area contributed by atoms with E-state index in [4.69, 9.17) is 0 Å². The van der Waals surface area contributed by atoms with E-state index in [1.54, 1.807) is 16.3 Å². The molecule has 0 bridgehead atoms. The third-order valence-electron chi connectivity index (χ3n) is 7.51. The molecule has 0 saturated carbocycles. The lowest BCUT2D eigenvalue weighted by Crippen LogP contribution is -2.43. The maximum atomic E-state index is 3.77. The second kappa shape index (κ2) is 7.66. The van der Waals surface area contributed by atoms with Crippen molar-refractivity contribution in [2.24, 2.45) is 0 Å². The molecule has 0 amide bonds. The van der Waals surface area contributed by atoms with Crippen LogP contribution in [0.25, 0.3) is 17.2 Å². The summed E-state index contributed by atoms with van der Waals surface area (Å²) in [6.45, 7) is 15.0. The molecule has 0 aromatic heterocycles. The smallest absolute Gasteiger partial charge is 0.0679 e. The SMILES string of the molecule is CC1=Cc2c(cccc2[Si](C)(C)C)C1[Si](C)(C)C1c2cc(Br)ccc2-c2ccc(Br)cc21. The molecular weight excluding hydrogens is 552 g/mol. The van der Waals surface area contributed by atoms with Crippen molar-refractivity contribution in [3.63, 3.8) is 0 Å². The van der Waals surface area contributed by atoms with Crippen molar-refractivity contribution >= 4 is 59.3 Å². The summed E-state index contributed by atoms with van der Waals surface area (Å²) in [5.41, 5.74) is 11.5. The number of fused-ring (bicyclic) bond motifs is 4. The highest BCUT2D eigenvalue weighted by atomic mass is 79.9. The fraction of sp³-hybridized carbons (Fsp3) is 0.286. The van der Waals surface area contributed by atoms with Crippen LogP contribution in [0.5, 0.6) is 0 Å². The van der Waals surface area contributed by atoms with Crippen LogP contribution >= 0.6 is 31.9 Å². The largest absolute Gasteiger partial charge is 0.0783 e. The zero-order valence-electron chi connectivity index (χ0n) is 19.7. The first-order chi connectivity index (χ1) is 15.0. The van der Waals surface area contributed by atoms with Gasteiger partial charge in [-0.15, -0.1) is 0 Å². The summed E-state index contributed by atoms with van der Waals surface area (Å²) in [7, 11) is -3.29. The predicted octanol–water partition coefficient (Wildman–Crippen LogP) is 8.86. The number of halogens is 2. The topological polar surface area (TPSA) is 0 Å². The van der Waals surface area contributed by atoms with Crippen molar-refractivity contribution in [1.82, 2.24) is 0 Å². The minimum Gasteiger partial charge on any atom is -0.0679 e. The van der Waals surface area contributed by atoms with Crippen molar-refractivity contribution < 1.29 is 0 Å². The van der Waals surface area contributed by atoms with Crippen LogP contribution in [0.4, 0.5) is 0 Å². The van der Waals surface area contributed by atoms with E-state index in [-0.39, 0.29) is 0 Å². The van der Waals surface area contributed by atoms with Gasteiger partial charge in [-0.3, -0.25) is 0 Å². The van der Waals surface area contributed by atoms with Crippen LogP contribution in [-0.4, -0.2) is 16.1 Å². The molecule has 0 nitrogen and oxygen atoms in total. The molecule has 0 saturated heterocycles. The highest BCUT2D eigenvalue weighted by Crippen LogP contribution is 2.55. The van der Waals surface area contributed by atoms with Crippen molar-refractivity contribution in [3.05, 3.63) is 91.4 Å². The first-order valence-electron chi connectivity index (χ1n) is 11.4. The molecule has 1 atom stereocenters. The summed E-state index contributed by atoms with van der Waals surface area (Å²) in [6.07, 6.45) is 2.53. The summed E-state index contributed by atoms with van der Waals surface area (Å²) < 4.78 is 2.36. The van der Waals surface area contributed by atoms with Crippen LogP contribution < -0.4 is 5.19 Å². The van der Waals surface area contributed by atoms with Gasteiger partial charge in [-0.2, -0.15) is 0 Å². The number of rotatable bonds is 3. The van der Waals surface area contributed by atoms with Gasteiger partial charge < -0.3 is 0 Å². The van der Waals surface area contributed by atoms with Crippen molar-refractivity contribution in [1.29, 1.82) is 0 Å². The molecule has 5 rings (SSSR count). The summed E-state index contributed by atoms with van der Waals surface area (Å²) in [6, 6.07) is 20.9. The van der Waals surface area contributed by atoms with E-state index in [2.05, 4.69) is 132 Å². The van der Waals surface area contributed by atoms with Crippen molar-refractivity contribution in [2.45, 2.75) is 50.7 Å². The molecular formula is C28H30Br2Si2. The van der Waals surface area contributed by atoms with E-state index in [1.807, 2.05) is 0 Å². The van der Waals surface area contributed by atoms with Gasteiger partial charge in [0.25, 0.3) is 0 Å². The number of hydrogen-bond acceptors (Lipinski definition) is 0. The average Bonchev–Trinajstić information content (AvgIpc) is 3.20. The quantitative estimate of drug-likeness (QED) is 0.271. The molecule has 0 N–H and O–H groups in total. The lowest BCUT2D eigenvalue weighted by Gasteiger charge is -2.39. The van der Waals surface area contributed by atoms with Crippen LogP contribution in [0.2, 0.25) is 32.7 Å². The van der Waals surface area contributed by atoms with Crippen molar-refractivity contribution in [3.8, 4) is 11.1 Å². The lowest BCUT2D eigenvalue weighted by atomic mass is 10.1. The van der Waals surface area contributed by atoms with Crippen LogP contribution in [0.1, 0.15) is 40.3 Å². The monoisotopic (exact) mass is 580 g/mol. The summed E-state index contributed by atoms with van der Waals surface area (Å²) in [5.74, 6) is 0. The minimum absolute atomic E-state index is 0.470. The molecule has 0 heterocycles. The maximum Gasteiger partial charge on any atom is 0.0783 e. The van der Waals surface area contributed by atoms with Gasteiger partial charge in [0.2, 0.25) is 0 Å². The average molecular weight is 583 g/mol. The van der Waals surface area contributed by atoms with Crippen LogP contribution in [0.15, 0.2) is 69.1 Å². The molecule has 0 radical (unpaired) electrons. The second-order valence-corrected chi connectivity index (χ2v) is 22.8. The van der Waals surface area contributed by atoms with E-state index >= 15 is 0 Å². The van der Waals surface area contributed by atoms with Crippen molar-refractivity contribution in [2.75, 3.05) is 0 Å². The molecule has 4 heteroatoms. The third-order valence-corrected chi connectivity index (χ3v) is 14.9. The Morgan fingerprint density at radius 2 is 1.25 bits per heavy atom. The maximum absolute atomic E-state index is 3.77. The Morgan fingerprint density at radius 1 is 0.688 bits per heavy atom. The number of hydrogen-bond donors (Lipinski definition) is 0. The van der Waals surface area contributed by atoms with E-state index < -0.39 is 16.1 Å². The Balaban J connectivity index is 1.72. The highest BCUT2D eigenvalue weighted by molar-refractivity contribution is 9.10. The third kappa shape index (κ3) is 3.41. The van der Waals surface area contributed by atoms with Gasteiger partial charge >= 0.3 is 0 Å². The Labute approximate surface area is 211 Å². The van der Waals surface area contributed by atoms with E-state index in [0.29, 0.717) is 11.1 Å². The van der Waals surface area contributed by atoms with Crippen LogP contribution in [0.3, 0.4) is 0 Å². The zero-order valence-corrected chi connectivity index (χ0v) is 24.9. The molecule has 0 spiro atoms. The standard InChI is InChI=1S/C28H30Br2Si2/c1-17-14-23-22(8-7-9-26(23)31(2,3)4)27(17)32(5,6)28-24-15-18(29)10-12-20(24)21-13-11-19(30)16-25(21)28/h7-16,27-28H,1-6H3. The minimum atomic E-state index is -1.88. The molecule has 3 aromatic carbocycles. The first-order valence-corrected chi connectivity index (χ1v) is 19.6. The van der Waals surface area contributed by atoms with E-state index in [1.165, 1.54) is 36.8 Å². The zero-order chi connectivity index (χ0) is 23.0. The molecule has 2 aliphatic rings. The molecule has 2 aliphatic carbocycles. The van der Waals surface area contributed by atoms with Gasteiger partial charge in [-0.1, -0.05) is 112 Å². The number of allylic oxidation sites excluding steroid dienone is 1.